The van der Waals surface area contributed by atoms with Crippen LogP contribution in [0.3, 0.4) is 0 Å². The van der Waals surface area contributed by atoms with E-state index in [1.165, 1.54) is 29.4 Å². The van der Waals surface area contributed by atoms with Gasteiger partial charge in [-0.3, -0.25) is 9.59 Å². The minimum atomic E-state index is -0.816. The maximum absolute atomic E-state index is 12.8. The molecular formula is C19H19NO6. The fraction of sp³-hybridized carbons (Fsp3) is 0.263. The summed E-state index contributed by atoms with van der Waals surface area (Å²) in [6.07, 6.45) is 1.88. The highest BCUT2D eigenvalue weighted by molar-refractivity contribution is 6.15. The first kappa shape index (κ1) is 17.8. The largest absolute Gasteiger partial charge is 0.508 e. The maximum Gasteiger partial charge on any atom is 0.290 e. The SMILES string of the molecule is COCCCN1C(=O)C(O)=C(C(=O)c2ccco2)[C@H]1c1cccc(O)c1. The fourth-order valence-corrected chi connectivity index (χ4v) is 3.08. The lowest BCUT2D eigenvalue weighted by atomic mass is 9.95. The zero-order valence-electron chi connectivity index (χ0n) is 14.2. The van der Waals surface area contributed by atoms with Crippen LogP contribution < -0.4 is 0 Å². The van der Waals surface area contributed by atoms with E-state index in [4.69, 9.17) is 9.15 Å². The van der Waals surface area contributed by atoms with Crippen LogP contribution in [0, 0.1) is 0 Å². The van der Waals surface area contributed by atoms with Crippen molar-refractivity contribution in [3.63, 3.8) is 0 Å². The number of phenolic OH excluding ortho intramolecular Hbond substituents is 1. The van der Waals surface area contributed by atoms with Crippen molar-refractivity contribution < 1.29 is 29.0 Å². The highest BCUT2D eigenvalue weighted by atomic mass is 16.5. The van der Waals surface area contributed by atoms with Gasteiger partial charge < -0.3 is 24.3 Å². The number of nitrogens with zero attached hydrogens (tertiary/aromatic N) is 1. The highest BCUT2D eigenvalue weighted by Gasteiger charge is 2.44. The van der Waals surface area contributed by atoms with Crippen molar-refractivity contribution in [2.24, 2.45) is 0 Å². The molecule has 7 nitrogen and oxygen atoms in total. The van der Waals surface area contributed by atoms with Crippen molar-refractivity contribution in [3.8, 4) is 5.75 Å². The molecule has 1 aromatic carbocycles. The predicted octanol–water partition coefficient (Wildman–Crippen LogP) is 2.60. The van der Waals surface area contributed by atoms with Crippen LogP contribution in [0.2, 0.25) is 0 Å². The Morgan fingerprint density at radius 3 is 2.73 bits per heavy atom. The number of Topliss-reactive ketones (excluding diaryl/α,β-unsaturated/α-hetero) is 1. The molecule has 1 atom stereocenters. The Balaban J connectivity index is 2.04. The van der Waals surface area contributed by atoms with Crippen LogP contribution in [-0.4, -0.2) is 47.1 Å². The number of phenols is 1. The fourth-order valence-electron chi connectivity index (χ4n) is 3.08. The van der Waals surface area contributed by atoms with Gasteiger partial charge in [0.1, 0.15) is 5.75 Å². The summed E-state index contributed by atoms with van der Waals surface area (Å²) in [5.41, 5.74) is 0.461. The van der Waals surface area contributed by atoms with E-state index < -0.39 is 23.5 Å². The molecule has 1 aliphatic rings. The summed E-state index contributed by atoms with van der Waals surface area (Å²) in [4.78, 5) is 26.8. The third-order valence-electron chi connectivity index (χ3n) is 4.23. The van der Waals surface area contributed by atoms with Gasteiger partial charge in [0, 0.05) is 20.3 Å². The van der Waals surface area contributed by atoms with Gasteiger partial charge in [-0.15, -0.1) is 0 Å². The molecule has 1 aromatic heterocycles. The molecule has 0 radical (unpaired) electrons. The number of carbonyl (C=O) groups excluding carboxylic acids is 2. The summed E-state index contributed by atoms with van der Waals surface area (Å²) in [5.74, 6) is -1.77. The first-order valence-electron chi connectivity index (χ1n) is 8.14. The second-order valence-corrected chi connectivity index (χ2v) is 5.91. The number of ether oxygens (including phenoxy) is 1. The summed E-state index contributed by atoms with van der Waals surface area (Å²) in [7, 11) is 1.56. The Morgan fingerprint density at radius 2 is 2.08 bits per heavy atom. The third kappa shape index (κ3) is 3.21. The molecule has 2 aromatic rings. The lowest BCUT2D eigenvalue weighted by Gasteiger charge is -2.26. The molecule has 136 valence electrons. The Bertz CT molecular complexity index is 839. The van der Waals surface area contributed by atoms with Crippen molar-refractivity contribution in [2.45, 2.75) is 12.5 Å². The van der Waals surface area contributed by atoms with Crippen molar-refractivity contribution in [1.82, 2.24) is 4.90 Å². The smallest absolute Gasteiger partial charge is 0.290 e. The molecule has 0 spiro atoms. The molecule has 0 bridgehead atoms. The van der Waals surface area contributed by atoms with Gasteiger partial charge >= 0.3 is 0 Å². The highest BCUT2D eigenvalue weighted by Crippen LogP contribution is 2.39. The number of aliphatic hydroxyl groups is 1. The zero-order chi connectivity index (χ0) is 18.7. The Hall–Kier alpha value is -3.06. The van der Waals surface area contributed by atoms with E-state index in [1.807, 2.05) is 0 Å². The molecule has 3 rings (SSSR count). The summed E-state index contributed by atoms with van der Waals surface area (Å²) in [6, 6.07) is 8.48. The average molecular weight is 357 g/mol. The second kappa shape index (κ2) is 7.45. The van der Waals surface area contributed by atoms with Crippen LogP contribution in [-0.2, 0) is 9.53 Å². The normalized spacial score (nSPS) is 17.2. The van der Waals surface area contributed by atoms with Crippen molar-refractivity contribution in [3.05, 3.63) is 65.3 Å². The number of amides is 1. The molecule has 7 heteroatoms. The topological polar surface area (TPSA) is 100 Å². The van der Waals surface area contributed by atoms with Gasteiger partial charge in [0.05, 0.1) is 17.9 Å². The quantitative estimate of drug-likeness (QED) is 0.584. The molecule has 0 aliphatic carbocycles. The summed E-state index contributed by atoms with van der Waals surface area (Å²) in [5, 5.41) is 20.2. The molecule has 2 heterocycles. The van der Waals surface area contributed by atoms with Gasteiger partial charge in [0.25, 0.3) is 5.91 Å². The van der Waals surface area contributed by atoms with E-state index in [2.05, 4.69) is 0 Å². The van der Waals surface area contributed by atoms with Gasteiger partial charge in [-0.1, -0.05) is 12.1 Å². The minimum absolute atomic E-state index is 0.00276. The van der Waals surface area contributed by atoms with Crippen LogP contribution in [0.15, 0.2) is 58.4 Å². The minimum Gasteiger partial charge on any atom is -0.508 e. The Kier molecular flexibility index (Phi) is 5.09. The van der Waals surface area contributed by atoms with Gasteiger partial charge in [-0.2, -0.15) is 0 Å². The number of benzene rings is 1. The lowest BCUT2D eigenvalue weighted by molar-refractivity contribution is -0.129. The monoisotopic (exact) mass is 357 g/mol. The summed E-state index contributed by atoms with van der Waals surface area (Å²) < 4.78 is 10.2. The molecular weight excluding hydrogens is 338 g/mol. The number of furan rings is 1. The molecule has 26 heavy (non-hydrogen) atoms. The van der Waals surface area contributed by atoms with E-state index in [0.717, 1.165) is 0 Å². The molecule has 2 N–H and O–H groups in total. The molecule has 0 unspecified atom stereocenters. The Labute approximate surface area is 150 Å². The Morgan fingerprint density at radius 1 is 1.27 bits per heavy atom. The van der Waals surface area contributed by atoms with E-state index in [0.29, 0.717) is 18.6 Å². The van der Waals surface area contributed by atoms with Crippen molar-refractivity contribution in [1.29, 1.82) is 0 Å². The number of aromatic hydroxyl groups is 1. The number of methoxy groups -OCH3 is 1. The van der Waals surface area contributed by atoms with Gasteiger partial charge in [-0.25, -0.2) is 0 Å². The van der Waals surface area contributed by atoms with Crippen LogP contribution in [0.4, 0.5) is 0 Å². The molecule has 1 amide bonds. The summed E-state index contributed by atoms with van der Waals surface area (Å²) >= 11 is 0. The number of ketones is 1. The molecule has 0 saturated carbocycles. The van der Waals surface area contributed by atoms with E-state index in [9.17, 15) is 19.8 Å². The van der Waals surface area contributed by atoms with Gasteiger partial charge in [0.15, 0.2) is 11.5 Å². The summed E-state index contributed by atoms with van der Waals surface area (Å²) in [6.45, 7) is 0.713. The predicted molar refractivity (Wildman–Crippen MR) is 91.7 cm³/mol. The van der Waals surface area contributed by atoms with E-state index in [-0.39, 0.29) is 23.6 Å². The average Bonchev–Trinajstić information content (AvgIpc) is 3.24. The lowest BCUT2D eigenvalue weighted by Crippen LogP contribution is -2.32. The van der Waals surface area contributed by atoms with Gasteiger partial charge in [0.2, 0.25) is 5.78 Å². The van der Waals surface area contributed by atoms with E-state index >= 15 is 0 Å². The second-order valence-electron chi connectivity index (χ2n) is 5.91. The third-order valence-corrected chi connectivity index (χ3v) is 4.23. The van der Waals surface area contributed by atoms with Crippen LogP contribution in [0.1, 0.15) is 28.6 Å². The van der Waals surface area contributed by atoms with Crippen LogP contribution in [0.5, 0.6) is 5.75 Å². The van der Waals surface area contributed by atoms with Crippen LogP contribution in [0.25, 0.3) is 0 Å². The number of hydrogen-bond donors (Lipinski definition) is 2. The maximum atomic E-state index is 12.8. The van der Waals surface area contributed by atoms with Crippen LogP contribution >= 0.6 is 0 Å². The standard InChI is InChI=1S/C19H19NO6/c1-25-9-4-8-20-16(12-5-2-6-13(21)11-12)15(18(23)19(20)24)17(22)14-7-3-10-26-14/h2-3,5-7,10-11,16,21,23H,4,8-9H2,1H3/t16-/m1/s1. The zero-order valence-corrected chi connectivity index (χ0v) is 14.2. The number of aliphatic hydroxyl groups excluding tert-OH is 1. The number of carbonyl (C=O) groups is 2. The first-order valence-corrected chi connectivity index (χ1v) is 8.14. The van der Waals surface area contributed by atoms with Gasteiger partial charge in [-0.05, 0) is 36.2 Å². The van der Waals surface area contributed by atoms with Crippen molar-refractivity contribution in [2.75, 3.05) is 20.3 Å². The van der Waals surface area contributed by atoms with E-state index in [1.54, 1.807) is 25.3 Å². The number of hydrogen-bond acceptors (Lipinski definition) is 6. The van der Waals surface area contributed by atoms with Crippen molar-refractivity contribution >= 4 is 11.7 Å². The first-order chi connectivity index (χ1) is 12.5. The molecule has 1 aliphatic heterocycles. The number of rotatable bonds is 7. The molecule has 0 fully saturated rings. The molecule has 0 saturated heterocycles.